The minimum absolute atomic E-state index is 0.151. The summed E-state index contributed by atoms with van der Waals surface area (Å²) < 4.78 is 20.2. The summed E-state index contributed by atoms with van der Waals surface area (Å²) >= 11 is 0. The molecule has 1 saturated carbocycles. The maximum Gasteiger partial charge on any atom is 0.258 e. The van der Waals surface area contributed by atoms with Gasteiger partial charge in [0.2, 0.25) is 0 Å². The Balaban J connectivity index is 1.34. The molecule has 5 heteroatoms. The smallest absolute Gasteiger partial charge is 0.258 e. The van der Waals surface area contributed by atoms with E-state index in [0.717, 1.165) is 24.2 Å². The molecular weight excluding hydrogens is 379 g/mol. The number of nitrogens with one attached hydrogen (secondary N) is 1. The zero-order chi connectivity index (χ0) is 20.8. The Morgan fingerprint density at radius 3 is 2.37 bits per heavy atom. The molecule has 0 aliphatic heterocycles. The van der Waals surface area contributed by atoms with E-state index in [1.165, 1.54) is 49.4 Å². The number of benzene rings is 2. The van der Waals surface area contributed by atoms with Crippen LogP contribution >= 0.6 is 0 Å². The Labute approximate surface area is 176 Å². The minimum Gasteiger partial charge on any atom is -0.489 e. The largest absolute Gasteiger partial charge is 0.489 e. The highest BCUT2D eigenvalue weighted by Crippen LogP contribution is 2.18. The zero-order valence-electron chi connectivity index (χ0n) is 17.0. The van der Waals surface area contributed by atoms with Gasteiger partial charge in [0, 0.05) is 24.0 Å². The van der Waals surface area contributed by atoms with Crippen molar-refractivity contribution in [3.8, 4) is 11.4 Å². The van der Waals surface area contributed by atoms with Crippen LogP contribution in [0.2, 0.25) is 0 Å². The van der Waals surface area contributed by atoms with Gasteiger partial charge in [0.1, 0.15) is 18.2 Å². The molecule has 0 saturated heterocycles. The van der Waals surface area contributed by atoms with Gasteiger partial charge in [-0.15, -0.1) is 0 Å². The summed E-state index contributed by atoms with van der Waals surface area (Å²) in [5.74, 6) is 0.215. The summed E-state index contributed by atoms with van der Waals surface area (Å²) in [6, 6.07) is 18.2. The highest BCUT2D eigenvalue weighted by atomic mass is 19.1. The summed E-state index contributed by atoms with van der Waals surface area (Å²) in [4.78, 5) is 12.5. The van der Waals surface area contributed by atoms with Crippen LogP contribution in [0.25, 0.3) is 5.69 Å². The Bertz CT molecular complexity index is 1010. The first-order valence-electron chi connectivity index (χ1n) is 10.6. The van der Waals surface area contributed by atoms with E-state index in [-0.39, 0.29) is 18.0 Å². The third kappa shape index (κ3) is 5.36. The molecule has 0 spiro atoms. The number of nitrogens with zero attached hydrogens (tertiary/aromatic N) is 1. The number of hydrogen-bond acceptors (Lipinski definition) is 3. The maximum atomic E-state index is 13.0. The van der Waals surface area contributed by atoms with Crippen molar-refractivity contribution in [2.24, 2.45) is 0 Å². The monoisotopic (exact) mass is 406 g/mol. The second kappa shape index (κ2) is 9.72. The van der Waals surface area contributed by atoms with Crippen LogP contribution in [-0.4, -0.2) is 17.2 Å². The second-order valence-corrected chi connectivity index (χ2v) is 7.84. The number of halogens is 1. The van der Waals surface area contributed by atoms with Crippen LogP contribution in [0, 0.1) is 5.82 Å². The first kappa shape index (κ1) is 20.4. The predicted octanol–water partition coefficient (Wildman–Crippen LogP) is 4.63. The van der Waals surface area contributed by atoms with Crippen molar-refractivity contribution in [3.05, 3.63) is 94.2 Å². The van der Waals surface area contributed by atoms with Gasteiger partial charge in [0.25, 0.3) is 5.56 Å². The summed E-state index contributed by atoms with van der Waals surface area (Å²) in [5, 5.41) is 3.63. The van der Waals surface area contributed by atoms with Crippen molar-refractivity contribution >= 4 is 0 Å². The third-order valence-electron chi connectivity index (χ3n) is 5.63. The Kier molecular flexibility index (Phi) is 6.60. The van der Waals surface area contributed by atoms with Crippen LogP contribution in [0.4, 0.5) is 4.39 Å². The van der Waals surface area contributed by atoms with Crippen LogP contribution in [-0.2, 0) is 13.0 Å². The van der Waals surface area contributed by atoms with Gasteiger partial charge >= 0.3 is 0 Å². The number of rotatable bonds is 8. The quantitative estimate of drug-likeness (QED) is 0.593. The predicted molar refractivity (Wildman–Crippen MR) is 117 cm³/mol. The molecule has 2 aromatic carbocycles. The second-order valence-electron chi connectivity index (χ2n) is 7.84. The fourth-order valence-electron chi connectivity index (χ4n) is 3.88. The molecule has 1 N–H and O–H groups in total. The minimum atomic E-state index is -0.280. The van der Waals surface area contributed by atoms with Gasteiger partial charge in [0.05, 0.1) is 0 Å². The van der Waals surface area contributed by atoms with Crippen LogP contribution in [0.3, 0.4) is 0 Å². The van der Waals surface area contributed by atoms with Gasteiger partial charge < -0.3 is 10.1 Å². The molecule has 0 unspecified atom stereocenters. The van der Waals surface area contributed by atoms with Crippen molar-refractivity contribution < 1.29 is 9.13 Å². The van der Waals surface area contributed by atoms with Gasteiger partial charge in [-0.1, -0.05) is 37.1 Å². The van der Waals surface area contributed by atoms with Gasteiger partial charge in [-0.25, -0.2) is 4.39 Å². The average molecular weight is 407 g/mol. The lowest BCUT2D eigenvalue weighted by atomic mass is 10.1. The molecule has 3 aromatic rings. The number of pyridine rings is 1. The van der Waals surface area contributed by atoms with Crippen molar-refractivity contribution in [2.75, 3.05) is 6.54 Å². The molecule has 1 aromatic heterocycles. The van der Waals surface area contributed by atoms with E-state index in [1.54, 1.807) is 29.0 Å². The number of aromatic nitrogens is 1. The summed E-state index contributed by atoms with van der Waals surface area (Å²) in [6.07, 6.45) is 7.99. The van der Waals surface area contributed by atoms with Crippen LogP contribution in [0.5, 0.6) is 5.75 Å². The summed E-state index contributed by atoms with van der Waals surface area (Å²) in [6.45, 7) is 1.28. The summed E-state index contributed by atoms with van der Waals surface area (Å²) in [7, 11) is 0. The van der Waals surface area contributed by atoms with Crippen LogP contribution in [0.15, 0.2) is 71.7 Å². The Morgan fingerprint density at radius 2 is 1.67 bits per heavy atom. The lowest BCUT2D eigenvalue weighted by molar-refractivity contribution is 0.305. The van der Waals surface area contributed by atoms with Gasteiger partial charge in [-0.3, -0.25) is 9.36 Å². The average Bonchev–Trinajstić information content (AvgIpc) is 3.28. The lowest BCUT2D eigenvalue weighted by Gasteiger charge is -2.12. The van der Waals surface area contributed by atoms with Crippen molar-refractivity contribution in [2.45, 2.75) is 44.8 Å². The standard InChI is InChI=1S/C25H27FN2O2/c26-21-9-5-20(6-10-21)18-30-24-14-16-28(25(29)17-24)23-11-7-19(8-12-23)13-15-27-22-3-1-2-4-22/h5-12,14,16-17,22,27H,1-4,13,15,18H2. The fourth-order valence-corrected chi connectivity index (χ4v) is 3.88. The first-order valence-corrected chi connectivity index (χ1v) is 10.6. The van der Waals surface area contributed by atoms with Gasteiger partial charge in [0.15, 0.2) is 0 Å². The van der Waals surface area contributed by atoms with E-state index in [1.807, 2.05) is 12.1 Å². The molecule has 0 amide bonds. The zero-order valence-corrected chi connectivity index (χ0v) is 17.0. The van der Waals surface area contributed by atoms with Crippen molar-refractivity contribution in [1.29, 1.82) is 0 Å². The molecular formula is C25H27FN2O2. The number of ether oxygens (including phenoxy) is 1. The van der Waals surface area contributed by atoms with E-state index in [9.17, 15) is 9.18 Å². The molecule has 1 heterocycles. The van der Waals surface area contributed by atoms with Gasteiger partial charge in [-0.05, 0) is 67.3 Å². The SMILES string of the molecule is O=c1cc(OCc2ccc(F)cc2)ccn1-c1ccc(CCNC2CCCC2)cc1. The Hall–Kier alpha value is -2.92. The van der Waals surface area contributed by atoms with Crippen molar-refractivity contribution in [1.82, 2.24) is 9.88 Å². The molecule has 30 heavy (non-hydrogen) atoms. The van der Waals surface area contributed by atoms with E-state index in [4.69, 9.17) is 4.74 Å². The van der Waals surface area contributed by atoms with Crippen LogP contribution < -0.4 is 15.6 Å². The van der Waals surface area contributed by atoms with E-state index in [2.05, 4.69) is 17.4 Å². The van der Waals surface area contributed by atoms with Crippen molar-refractivity contribution in [3.63, 3.8) is 0 Å². The van der Waals surface area contributed by atoms with E-state index >= 15 is 0 Å². The maximum absolute atomic E-state index is 13.0. The Morgan fingerprint density at radius 1 is 0.967 bits per heavy atom. The first-order chi connectivity index (χ1) is 14.7. The molecule has 0 bridgehead atoms. The highest BCUT2D eigenvalue weighted by Gasteiger charge is 2.13. The molecule has 156 valence electrons. The normalized spacial score (nSPS) is 14.2. The molecule has 1 aliphatic carbocycles. The molecule has 4 rings (SSSR count). The fraction of sp³-hybridized carbons (Fsp3) is 0.320. The summed E-state index contributed by atoms with van der Waals surface area (Å²) in [5.41, 5.74) is 2.79. The lowest BCUT2D eigenvalue weighted by Crippen LogP contribution is -2.27. The van der Waals surface area contributed by atoms with E-state index < -0.39 is 0 Å². The molecule has 0 radical (unpaired) electrons. The molecule has 4 nitrogen and oxygen atoms in total. The van der Waals surface area contributed by atoms with Gasteiger partial charge in [-0.2, -0.15) is 0 Å². The number of hydrogen-bond donors (Lipinski definition) is 1. The topological polar surface area (TPSA) is 43.3 Å². The molecule has 1 fully saturated rings. The van der Waals surface area contributed by atoms with Crippen LogP contribution in [0.1, 0.15) is 36.8 Å². The third-order valence-corrected chi connectivity index (χ3v) is 5.63. The molecule has 0 atom stereocenters. The van der Waals surface area contributed by atoms with E-state index in [0.29, 0.717) is 11.8 Å². The molecule has 1 aliphatic rings. The highest BCUT2D eigenvalue weighted by molar-refractivity contribution is 5.36.